The van der Waals surface area contributed by atoms with Crippen molar-refractivity contribution < 1.29 is 8.94 Å². The van der Waals surface area contributed by atoms with Gasteiger partial charge in [0, 0.05) is 13.0 Å². The van der Waals surface area contributed by atoms with Crippen LogP contribution in [0.15, 0.2) is 32.5 Å². The maximum atomic E-state index is 5.46. The lowest BCUT2D eigenvalue weighted by Gasteiger charge is -2.10. The van der Waals surface area contributed by atoms with Crippen molar-refractivity contribution in [2.45, 2.75) is 44.6 Å². The molecule has 0 atom stereocenters. The topological polar surface area (TPSA) is 82.8 Å². The third-order valence-electron chi connectivity index (χ3n) is 3.16. The molecule has 0 fully saturated rings. The standard InChI is InChI=1S/C15H19N5O2S/c1-4-12-16-13(22-19-12)9-23-15-18-17-14(11-6-5-7-21-11)20(15)8-10(2)3/h5-7,10H,4,8-9H2,1-3H3. The minimum atomic E-state index is 0.467. The lowest BCUT2D eigenvalue weighted by molar-refractivity contribution is 0.385. The first-order valence-corrected chi connectivity index (χ1v) is 8.57. The number of aromatic nitrogens is 5. The Morgan fingerprint density at radius 3 is 2.83 bits per heavy atom. The zero-order valence-electron chi connectivity index (χ0n) is 13.4. The second-order valence-corrected chi connectivity index (χ2v) is 6.48. The molecule has 0 aromatic carbocycles. The van der Waals surface area contributed by atoms with Gasteiger partial charge in [-0.15, -0.1) is 10.2 Å². The second kappa shape index (κ2) is 6.99. The molecule has 3 rings (SSSR count). The van der Waals surface area contributed by atoms with Crippen LogP contribution in [0.1, 0.15) is 32.5 Å². The Morgan fingerprint density at radius 2 is 2.17 bits per heavy atom. The molecule has 0 aliphatic heterocycles. The normalized spacial score (nSPS) is 11.5. The van der Waals surface area contributed by atoms with Crippen molar-refractivity contribution in [2.75, 3.05) is 0 Å². The number of nitrogens with zero attached hydrogens (tertiary/aromatic N) is 5. The number of thioether (sulfide) groups is 1. The van der Waals surface area contributed by atoms with Gasteiger partial charge in [0.1, 0.15) is 0 Å². The Bertz CT molecular complexity index is 748. The molecular formula is C15H19N5O2S. The van der Waals surface area contributed by atoms with Gasteiger partial charge in [-0.2, -0.15) is 4.98 Å². The van der Waals surface area contributed by atoms with Crippen LogP contribution in [-0.4, -0.2) is 24.9 Å². The van der Waals surface area contributed by atoms with Crippen molar-refractivity contribution >= 4 is 11.8 Å². The third-order valence-corrected chi connectivity index (χ3v) is 4.11. The van der Waals surface area contributed by atoms with E-state index in [4.69, 9.17) is 8.94 Å². The number of hydrogen-bond donors (Lipinski definition) is 0. The molecule has 0 bridgehead atoms. The fourth-order valence-electron chi connectivity index (χ4n) is 2.13. The fraction of sp³-hybridized carbons (Fsp3) is 0.467. The van der Waals surface area contributed by atoms with E-state index in [1.54, 1.807) is 6.26 Å². The molecule has 0 radical (unpaired) electrons. The van der Waals surface area contributed by atoms with E-state index in [1.807, 2.05) is 19.1 Å². The van der Waals surface area contributed by atoms with Crippen molar-refractivity contribution in [3.05, 3.63) is 30.1 Å². The second-order valence-electron chi connectivity index (χ2n) is 5.53. The largest absolute Gasteiger partial charge is 0.461 e. The molecule has 23 heavy (non-hydrogen) atoms. The minimum absolute atomic E-state index is 0.467. The first-order valence-electron chi connectivity index (χ1n) is 7.58. The highest BCUT2D eigenvalue weighted by Crippen LogP contribution is 2.27. The van der Waals surface area contributed by atoms with Crippen LogP contribution >= 0.6 is 11.8 Å². The number of furan rings is 1. The Hall–Kier alpha value is -2.09. The van der Waals surface area contributed by atoms with Gasteiger partial charge in [0.2, 0.25) is 5.89 Å². The van der Waals surface area contributed by atoms with Crippen molar-refractivity contribution in [2.24, 2.45) is 5.92 Å². The Balaban J connectivity index is 1.80. The predicted octanol–water partition coefficient (Wildman–Crippen LogP) is 3.43. The van der Waals surface area contributed by atoms with Gasteiger partial charge >= 0.3 is 0 Å². The molecule has 0 amide bonds. The number of aryl methyl sites for hydroxylation is 1. The van der Waals surface area contributed by atoms with Crippen LogP contribution in [0.3, 0.4) is 0 Å². The molecule has 0 saturated carbocycles. The smallest absolute Gasteiger partial charge is 0.237 e. The quantitative estimate of drug-likeness (QED) is 0.612. The molecule has 0 spiro atoms. The van der Waals surface area contributed by atoms with Crippen LogP contribution in [0.25, 0.3) is 11.6 Å². The Kier molecular flexibility index (Phi) is 4.80. The van der Waals surface area contributed by atoms with Gasteiger partial charge in [-0.3, -0.25) is 4.57 Å². The monoisotopic (exact) mass is 333 g/mol. The highest BCUT2D eigenvalue weighted by Gasteiger charge is 2.18. The molecule has 0 saturated heterocycles. The molecular weight excluding hydrogens is 314 g/mol. The molecule has 3 heterocycles. The maximum Gasteiger partial charge on any atom is 0.237 e. The summed E-state index contributed by atoms with van der Waals surface area (Å²) < 4.78 is 12.8. The molecule has 3 aromatic heterocycles. The average Bonchev–Trinajstić information content (AvgIpc) is 3.25. The van der Waals surface area contributed by atoms with Gasteiger partial charge in [-0.05, 0) is 18.1 Å². The highest BCUT2D eigenvalue weighted by atomic mass is 32.2. The summed E-state index contributed by atoms with van der Waals surface area (Å²) in [7, 11) is 0. The van der Waals surface area contributed by atoms with E-state index < -0.39 is 0 Å². The van der Waals surface area contributed by atoms with Gasteiger partial charge in [-0.25, -0.2) is 0 Å². The van der Waals surface area contributed by atoms with E-state index in [0.29, 0.717) is 17.6 Å². The van der Waals surface area contributed by atoms with Crippen LogP contribution in [0, 0.1) is 5.92 Å². The van der Waals surface area contributed by atoms with Crippen molar-refractivity contribution in [1.82, 2.24) is 24.9 Å². The van der Waals surface area contributed by atoms with Crippen LogP contribution in [0.4, 0.5) is 0 Å². The van der Waals surface area contributed by atoms with E-state index in [2.05, 4.69) is 38.8 Å². The molecule has 0 aliphatic carbocycles. The fourth-order valence-corrected chi connectivity index (χ4v) is 2.92. The average molecular weight is 333 g/mol. The number of hydrogen-bond acceptors (Lipinski definition) is 7. The summed E-state index contributed by atoms with van der Waals surface area (Å²) in [5.74, 6) is 3.82. The summed E-state index contributed by atoms with van der Waals surface area (Å²) in [6, 6.07) is 3.74. The van der Waals surface area contributed by atoms with Gasteiger partial charge in [0.15, 0.2) is 22.6 Å². The first-order chi connectivity index (χ1) is 11.2. The summed E-state index contributed by atoms with van der Waals surface area (Å²) >= 11 is 1.54. The summed E-state index contributed by atoms with van der Waals surface area (Å²) in [4.78, 5) is 4.32. The van der Waals surface area contributed by atoms with Gasteiger partial charge in [-0.1, -0.05) is 37.7 Å². The summed E-state index contributed by atoms with van der Waals surface area (Å²) in [5.41, 5.74) is 0. The molecule has 7 nitrogen and oxygen atoms in total. The third kappa shape index (κ3) is 3.64. The molecule has 0 unspecified atom stereocenters. The zero-order chi connectivity index (χ0) is 16.2. The Labute approximate surface area is 138 Å². The van der Waals surface area contributed by atoms with Crippen molar-refractivity contribution in [1.29, 1.82) is 0 Å². The van der Waals surface area contributed by atoms with E-state index in [-0.39, 0.29) is 0 Å². The zero-order valence-corrected chi connectivity index (χ0v) is 14.2. The maximum absolute atomic E-state index is 5.46. The van der Waals surface area contributed by atoms with Crippen LogP contribution in [0.5, 0.6) is 0 Å². The van der Waals surface area contributed by atoms with E-state index in [0.717, 1.165) is 35.5 Å². The molecule has 122 valence electrons. The molecule has 0 N–H and O–H groups in total. The van der Waals surface area contributed by atoms with Crippen molar-refractivity contribution in [3.8, 4) is 11.6 Å². The van der Waals surface area contributed by atoms with E-state index in [9.17, 15) is 0 Å². The highest BCUT2D eigenvalue weighted by molar-refractivity contribution is 7.98. The molecule has 0 aliphatic rings. The summed E-state index contributed by atoms with van der Waals surface area (Å²) in [6.45, 7) is 7.13. The van der Waals surface area contributed by atoms with E-state index in [1.165, 1.54) is 11.8 Å². The first kappa shape index (κ1) is 15.8. The Morgan fingerprint density at radius 1 is 1.30 bits per heavy atom. The van der Waals surface area contributed by atoms with Gasteiger partial charge in [0.25, 0.3) is 0 Å². The number of rotatable bonds is 7. The van der Waals surface area contributed by atoms with Gasteiger partial charge in [0.05, 0.1) is 12.0 Å². The van der Waals surface area contributed by atoms with E-state index >= 15 is 0 Å². The SMILES string of the molecule is CCc1noc(CSc2nnc(-c3ccco3)n2CC(C)C)n1. The lowest BCUT2D eigenvalue weighted by Crippen LogP contribution is -2.07. The molecule has 8 heteroatoms. The van der Waals surface area contributed by atoms with Crippen LogP contribution in [-0.2, 0) is 18.7 Å². The predicted molar refractivity (Wildman–Crippen MR) is 85.8 cm³/mol. The van der Waals surface area contributed by atoms with Crippen molar-refractivity contribution in [3.63, 3.8) is 0 Å². The summed E-state index contributed by atoms with van der Waals surface area (Å²) in [5, 5.41) is 13.3. The molecule has 3 aromatic rings. The van der Waals surface area contributed by atoms with Gasteiger partial charge < -0.3 is 8.94 Å². The van der Waals surface area contributed by atoms with Crippen LogP contribution in [0.2, 0.25) is 0 Å². The minimum Gasteiger partial charge on any atom is -0.461 e. The lowest BCUT2D eigenvalue weighted by atomic mass is 10.2. The summed E-state index contributed by atoms with van der Waals surface area (Å²) in [6.07, 6.45) is 2.40. The van der Waals surface area contributed by atoms with Crippen LogP contribution < -0.4 is 0 Å².